The van der Waals surface area contributed by atoms with Gasteiger partial charge in [0.25, 0.3) is 5.91 Å². The maximum atomic E-state index is 14.1. The number of hydrogen-bond donors (Lipinski definition) is 2. The van der Waals surface area contributed by atoms with Gasteiger partial charge in [0.15, 0.2) is 11.3 Å². The quantitative estimate of drug-likeness (QED) is 0.356. The third-order valence-electron chi connectivity index (χ3n) is 6.27. The summed E-state index contributed by atoms with van der Waals surface area (Å²) in [4.78, 5) is 46.6. The molecule has 1 amide bonds. The predicted octanol–water partition coefficient (Wildman–Crippen LogP) is 2.40. The molecule has 12 heteroatoms. The highest BCUT2D eigenvalue weighted by molar-refractivity contribution is 6.03. The number of benzene rings is 2. The van der Waals surface area contributed by atoms with Crippen LogP contribution in [-0.2, 0) is 0 Å². The molecule has 6 rings (SSSR count). The third kappa shape index (κ3) is 3.82. The molecule has 1 aliphatic rings. The number of aromatic nitrogens is 6. The van der Waals surface area contributed by atoms with E-state index in [1.54, 1.807) is 13.1 Å². The van der Waals surface area contributed by atoms with E-state index in [-0.39, 0.29) is 35.4 Å². The summed E-state index contributed by atoms with van der Waals surface area (Å²) in [6, 6.07) is 11.3. The van der Waals surface area contributed by atoms with Crippen molar-refractivity contribution in [2.75, 3.05) is 20.2 Å². The lowest BCUT2D eigenvalue weighted by Crippen LogP contribution is -2.28. The molecular weight excluding hydrogens is 479 g/mol. The highest BCUT2D eigenvalue weighted by Crippen LogP contribution is 2.35. The van der Waals surface area contributed by atoms with E-state index in [0.717, 1.165) is 5.56 Å². The van der Waals surface area contributed by atoms with Gasteiger partial charge in [-0.1, -0.05) is 18.2 Å². The van der Waals surface area contributed by atoms with Crippen molar-refractivity contribution in [3.63, 3.8) is 0 Å². The van der Waals surface area contributed by atoms with E-state index in [9.17, 15) is 14.0 Å². The number of halogens is 1. The second-order valence-corrected chi connectivity index (χ2v) is 8.46. The smallest absolute Gasteiger partial charge is 0.328 e. The molecule has 1 aliphatic heterocycles. The first-order valence-corrected chi connectivity index (χ1v) is 11.6. The van der Waals surface area contributed by atoms with E-state index in [4.69, 9.17) is 4.74 Å². The van der Waals surface area contributed by atoms with Gasteiger partial charge in [-0.3, -0.25) is 18.9 Å². The molecule has 0 aliphatic carbocycles. The maximum absolute atomic E-state index is 14.1. The number of fused-ring (bicyclic) bond motifs is 3. The Kier molecular flexibility index (Phi) is 5.48. The number of hydrogen-bond acceptors (Lipinski definition) is 7. The van der Waals surface area contributed by atoms with E-state index in [1.807, 2.05) is 24.3 Å². The van der Waals surface area contributed by atoms with Crippen LogP contribution in [0.15, 0.2) is 58.6 Å². The van der Waals surface area contributed by atoms with Gasteiger partial charge >= 0.3 is 5.69 Å². The molecule has 0 saturated heterocycles. The van der Waals surface area contributed by atoms with Crippen molar-refractivity contribution in [3.8, 4) is 11.7 Å². The summed E-state index contributed by atoms with van der Waals surface area (Å²) in [5, 5.41) is 2.72. The summed E-state index contributed by atoms with van der Waals surface area (Å²) in [7, 11) is 1.60. The molecule has 1 unspecified atom stereocenters. The average Bonchev–Trinajstić information content (AvgIpc) is 3.47. The van der Waals surface area contributed by atoms with Crippen LogP contribution >= 0.6 is 0 Å². The molecule has 0 radical (unpaired) electrons. The number of aromatic amines is 1. The summed E-state index contributed by atoms with van der Waals surface area (Å²) in [5.74, 6) is -0.223. The Morgan fingerprint density at radius 2 is 2.16 bits per heavy atom. The van der Waals surface area contributed by atoms with E-state index in [2.05, 4.69) is 30.2 Å². The van der Waals surface area contributed by atoms with Gasteiger partial charge < -0.3 is 15.0 Å². The first-order chi connectivity index (χ1) is 18.0. The number of aliphatic imine (C=N–C) groups is 1. The van der Waals surface area contributed by atoms with Gasteiger partial charge in [-0.05, 0) is 18.2 Å². The predicted molar refractivity (Wildman–Crippen MR) is 134 cm³/mol. The van der Waals surface area contributed by atoms with Gasteiger partial charge in [0, 0.05) is 31.3 Å². The van der Waals surface area contributed by atoms with Gasteiger partial charge in [0.1, 0.15) is 23.4 Å². The highest BCUT2D eigenvalue weighted by Gasteiger charge is 2.29. The number of imidazole rings is 2. The molecule has 4 heterocycles. The minimum atomic E-state index is -0.523. The fourth-order valence-corrected chi connectivity index (χ4v) is 4.60. The van der Waals surface area contributed by atoms with Crippen molar-refractivity contribution >= 4 is 34.3 Å². The van der Waals surface area contributed by atoms with Crippen LogP contribution in [0.2, 0.25) is 0 Å². The summed E-state index contributed by atoms with van der Waals surface area (Å²) in [5.41, 5.74) is 1.75. The van der Waals surface area contributed by atoms with Crippen LogP contribution in [0.5, 0.6) is 5.75 Å². The Labute approximate surface area is 208 Å². The normalized spacial score (nSPS) is 15.2. The first kappa shape index (κ1) is 22.6. The lowest BCUT2D eigenvalue weighted by molar-refractivity contribution is 0.0956. The third-order valence-corrected chi connectivity index (χ3v) is 6.27. The van der Waals surface area contributed by atoms with E-state index >= 15 is 0 Å². The lowest BCUT2D eigenvalue weighted by atomic mass is 10.0. The fourth-order valence-electron chi connectivity index (χ4n) is 4.60. The molecule has 3 aromatic heterocycles. The van der Waals surface area contributed by atoms with Crippen LogP contribution in [0, 0.1) is 5.82 Å². The monoisotopic (exact) mass is 500 g/mol. The second kappa shape index (κ2) is 8.97. The Bertz CT molecular complexity index is 1750. The Balaban J connectivity index is 1.60. The number of amides is 1. The summed E-state index contributed by atoms with van der Waals surface area (Å²) in [6.45, 7) is 0.585. The Morgan fingerprint density at radius 1 is 1.30 bits per heavy atom. The molecule has 5 aromatic rings. The minimum absolute atomic E-state index is 0.0287. The number of rotatable bonds is 5. The molecule has 0 bridgehead atoms. The zero-order valence-electron chi connectivity index (χ0n) is 19.7. The van der Waals surface area contributed by atoms with Crippen molar-refractivity contribution in [1.29, 1.82) is 0 Å². The molecule has 0 saturated carbocycles. The molecule has 0 spiro atoms. The minimum Gasteiger partial charge on any atom is -0.493 e. The van der Waals surface area contributed by atoms with E-state index in [1.165, 1.54) is 33.8 Å². The second-order valence-electron chi connectivity index (χ2n) is 8.46. The Hall–Kier alpha value is -4.87. The largest absolute Gasteiger partial charge is 0.493 e. The van der Waals surface area contributed by atoms with Crippen LogP contribution in [0.4, 0.5) is 4.39 Å². The summed E-state index contributed by atoms with van der Waals surface area (Å²) >= 11 is 0. The topological polar surface area (TPSA) is 132 Å². The number of para-hydroxylation sites is 1. The molecule has 37 heavy (non-hydrogen) atoms. The SMILES string of the molecule is CN=CCNC(=O)c1nc(-n2cnc3ccc(F)cc32)nc2c1[nH]c(=O)n2C1CCOc2ccccc21. The van der Waals surface area contributed by atoms with Crippen molar-refractivity contribution in [2.24, 2.45) is 4.99 Å². The molecule has 2 aromatic carbocycles. The fraction of sp³-hybridized carbons (Fsp3) is 0.200. The van der Waals surface area contributed by atoms with Gasteiger partial charge in [-0.2, -0.15) is 4.98 Å². The van der Waals surface area contributed by atoms with Gasteiger partial charge in [-0.15, -0.1) is 0 Å². The molecular formula is C25H21FN8O3. The van der Waals surface area contributed by atoms with E-state index < -0.39 is 17.4 Å². The number of nitrogens with zero attached hydrogens (tertiary/aromatic N) is 6. The van der Waals surface area contributed by atoms with Crippen molar-refractivity contribution in [3.05, 3.63) is 76.4 Å². The summed E-state index contributed by atoms with van der Waals surface area (Å²) < 4.78 is 22.9. The van der Waals surface area contributed by atoms with E-state index in [0.29, 0.717) is 29.8 Å². The number of ether oxygens (including phenoxy) is 1. The van der Waals surface area contributed by atoms with Gasteiger partial charge in [0.2, 0.25) is 5.95 Å². The molecule has 186 valence electrons. The number of carbonyl (C=O) groups is 1. The van der Waals surface area contributed by atoms with Crippen LogP contribution in [0.25, 0.3) is 28.1 Å². The maximum Gasteiger partial charge on any atom is 0.328 e. The molecule has 2 N–H and O–H groups in total. The zero-order valence-corrected chi connectivity index (χ0v) is 19.7. The number of nitrogens with one attached hydrogen (secondary N) is 2. The van der Waals surface area contributed by atoms with Crippen LogP contribution in [0.1, 0.15) is 28.5 Å². The standard InChI is InChI=1S/C25H21FN8O3/c1-27-9-10-28-23(35)21-20-22(32-24(30-21)33-13-29-16-7-6-14(26)12-18(16)33)34(25(36)31-20)17-8-11-37-19-5-3-2-4-15(17)19/h2-7,9,12-13,17H,8,10-11H2,1H3,(H,28,35)(H,31,36). The zero-order chi connectivity index (χ0) is 25.5. The van der Waals surface area contributed by atoms with Crippen LogP contribution in [-0.4, -0.2) is 61.4 Å². The van der Waals surface area contributed by atoms with Crippen molar-refractivity contribution < 1.29 is 13.9 Å². The summed E-state index contributed by atoms with van der Waals surface area (Å²) in [6.07, 6.45) is 3.52. The average molecular weight is 500 g/mol. The van der Waals surface area contributed by atoms with Crippen molar-refractivity contribution in [2.45, 2.75) is 12.5 Å². The number of H-pyrrole nitrogens is 1. The lowest BCUT2D eigenvalue weighted by Gasteiger charge is -2.26. The molecule has 1 atom stereocenters. The first-order valence-electron chi connectivity index (χ1n) is 11.6. The molecule has 0 fully saturated rings. The van der Waals surface area contributed by atoms with Crippen LogP contribution < -0.4 is 15.7 Å². The molecule has 11 nitrogen and oxygen atoms in total. The Morgan fingerprint density at radius 3 is 3.03 bits per heavy atom. The highest BCUT2D eigenvalue weighted by atomic mass is 19.1. The van der Waals surface area contributed by atoms with Gasteiger partial charge in [-0.25, -0.2) is 19.2 Å². The number of carbonyl (C=O) groups excluding carboxylic acids is 1. The van der Waals surface area contributed by atoms with Crippen LogP contribution in [0.3, 0.4) is 0 Å². The van der Waals surface area contributed by atoms with Crippen molar-refractivity contribution in [1.82, 2.24) is 34.4 Å². The van der Waals surface area contributed by atoms with Gasteiger partial charge in [0.05, 0.1) is 30.2 Å².